The minimum Gasteiger partial charge on any atom is -0.368 e. The highest BCUT2D eigenvalue weighted by atomic mass is 15.1. The molecule has 8 heteroatoms. The van der Waals surface area contributed by atoms with Gasteiger partial charge in [-0.3, -0.25) is 0 Å². The zero-order valence-electron chi connectivity index (χ0n) is 12.9. The number of rotatable bonds is 8. The maximum absolute atomic E-state index is 5.52. The van der Waals surface area contributed by atoms with Crippen LogP contribution in [0.2, 0.25) is 0 Å². The van der Waals surface area contributed by atoms with E-state index >= 15 is 0 Å². The van der Waals surface area contributed by atoms with Gasteiger partial charge in [0.1, 0.15) is 11.6 Å². The number of aromatic nitrogens is 4. The fraction of sp³-hybridized carbons (Fsp3) is 0.429. The van der Waals surface area contributed by atoms with Gasteiger partial charge in [0.25, 0.3) is 0 Å². The molecule has 0 bridgehead atoms. The Bertz CT molecular complexity index is 587. The standard InChI is InChI=1S/C14H22N8/c1-10(2)9-20-14-19-6-4-12(22-14)17-8-7-16-11-3-5-18-13(15)21-11/h3-6,10H,7-9H2,1-2H3,(H3,15,16,18,21)(H2,17,19,20,22). The molecule has 0 radical (unpaired) electrons. The Kier molecular flexibility index (Phi) is 5.70. The average Bonchev–Trinajstić information content (AvgIpc) is 2.50. The van der Waals surface area contributed by atoms with Gasteiger partial charge in [0, 0.05) is 32.0 Å². The minimum atomic E-state index is 0.259. The van der Waals surface area contributed by atoms with Crippen molar-refractivity contribution in [1.29, 1.82) is 0 Å². The molecule has 0 amide bonds. The van der Waals surface area contributed by atoms with Crippen LogP contribution in [0.15, 0.2) is 24.5 Å². The molecule has 2 aromatic rings. The van der Waals surface area contributed by atoms with E-state index in [-0.39, 0.29) is 5.95 Å². The fourth-order valence-corrected chi connectivity index (χ4v) is 1.69. The summed E-state index contributed by atoms with van der Waals surface area (Å²) in [6, 6.07) is 3.61. The minimum absolute atomic E-state index is 0.259. The summed E-state index contributed by atoms with van der Waals surface area (Å²) in [4.78, 5) is 16.5. The topological polar surface area (TPSA) is 114 Å². The van der Waals surface area contributed by atoms with E-state index in [0.29, 0.717) is 30.8 Å². The molecular weight excluding hydrogens is 280 g/mol. The molecule has 0 saturated carbocycles. The Morgan fingerprint density at radius 1 is 0.955 bits per heavy atom. The lowest BCUT2D eigenvalue weighted by molar-refractivity contribution is 0.684. The maximum atomic E-state index is 5.52. The van der Waals surface area contributed by atoms with Crippen LogP contribution in [0.3, 0.4) is 0 Å². The van der Waals surface area contributed by atoms with E-state index in [1.165, 1.54) is 0 Å². The molecule has 5 N–H and O–H groups in total. The van der Waals surface area contributed by atoms with Crippen LogP contribution < -0.4 is 21.7 Å². The first kappa shape index (κ1) is 15.7. The second-order valence-corrected chi connectivity index (χ2v) is 5.19. The van der Waals surface area contributed by atoms with Crippen LogP contribution in [0.1, 0.15) is 13.8 Å². The number of hydrogen-bond donors (Lipinski definition) is 4. The van der Waals surface area contributed by atoms with Gasteiger partial charge in [-0.05, 0) is 18.1 Å². The van der Waals surface area contributed by atoms with Crippen molar-refractivity contribution in [2.75, 3.05) is 41.3 Å². The van der Waals surface area contributed by atoms with Crippen LogP contribution in [0.5, 0.6) is 0 Å². The monoisotopic (exact) mass is 302 g/mol. The Morgan fingerprint density at radius 2 is 1.59 bits per heavy atom. The van der Waals surface area contributed by atoms with Crippen molar-refractivity contribution in [3.63, 3.8) is 0 Å². The van der Waals surface area contributed by atoms with Crippen LogP contribution in [0, 0.1) is 5.92 Å². The van der Waals surface area contributed by atoms with Gasteiger partial charge < -0.3 is 21.7 Å². The van der Waals surface area contributed by atoms with Gasteiger partial charge in [0.05, 0.1) is 0 Å². The predicted octanol–water partition coefficient (Wildman–Crippen LogP) is 1.44. The van der Waals surface area contributed by atoms with Crippen LogP contribution in [-0.2, 0) is 0 Å². The first-order chi connectivity index (χ1) is 10.6. The first-order valence-corrected chi connectivity index (χ1v) is 7.26. The van der Waals surface area contributed by atoms with E-state index in [1.807, 2.05) is 6.07 Å². The molecule has 0 aliphatic carbocycles. The Morgan fingerprint density at radius 3 is 2.23 bits per heavy atom. The molecule has 0 aromatic carbocycles. The summed E-state index contributed by atoms with van der Waals surface area (Å²) in [5.74, 6) is 2.93. The summed E-state index contributed by atoms with van der Waals surface area (Å²) in [5.41, 5.74) is 5.52. The molecule has 0 aliphatic rings. The number of hydrogen-bond acceptors (Lipinski definition) is 8. The number of nitrogen functional groups attached to an aromatic ring is 1. The van der Waals surface area contributed by atoms with Crippen molar-refractivity contribution >= 4 is 23.5 Å². The molecule has 0 spiro atoms. The van der Waals surface area contributed by atoms with Crippen LogP contribution in [0.25, 0.3) is 0 Å². The van der Waals surface area contributed by atoms with Gasteiger partial charge in [-0.25, -0.2) is 9.97 Å². The van der Waals surface area contributed by atoms with E-state index in [4.69, 9.17) is 5.73 Å². The highest BCUT2D eigenvalue weighted by Gasteiger charge is 2.00. The normalized spacial score (nSPS) is 10.5. The molecule has 2 rings (SSSR count). The maximum Gasteiger partial charge on any atom is 0.224 e. The molecule has 22 heavy (non-hydrogen) atoms. The second kappa shape index (κ2) is 7.96. The largest absolute Gasteiger partial charge is 0.368 e. The molecule has 0 aliphatic heterocycles. The Labute approximate surface area is 130 Å². The molecule has 0 fully saturated rings. The predicted molar refractivity (Wildman–Crippen MR) is 88.8 cm³/mol. The van der Waals surface area contributed by atoms with E-state index in [2.05, 4.69) is 49.7 Å². The fourth-order valence-electron chi connectivity index (χ4n) is 1.69. The molecule has 8 nitrogen and oxygen atoms in total. The molecule has 118 valence electrons. The average molecular weight is 302 g/mol. The highest BCUT2D eigenvalue weighted by molar-refractivity contribution is 5.41. The molecular formula is C14H22N8. The zero-order valence-corrected chi connectivity index (χ0v) is 12.9. The molecule has 2 heterocycles. The van der Waals surface area contributed by atoms with E-state index < -0.39 is 0 Å². The van der Waals surface area contributed by atoms with Gasteiger partial charge >= 0.3 is 0 Å². The number of nitrogens with two attached hydrogens (primary N) is 1. The second-order valence-electron chi connectivity index (χ2n) is 5.19. The van der Waals surface area contributed by atoms with Gasteiger partial charge in [-0.15, -0.1) is 0 Å². The molecule has 0 saturated heterocycles. The summed E-state index contributed by atoms with van der Waals surface area (Å²) < 4.78 is 0. The molecule has 2 aromatic heterocycles. The zero-order chi connectivity index (χ0) is 15.8. The number of anilines is 4. The summed E-state index contributed by atoms with van der Waals surface area (Å²) in [6.07, 6.45) is 3.35. The lowest BCUT2D eigenvalue weighted by Crippen LogP contribution is -2.16. The van der Waals surface area contributed by atoms with E-state index in [9.17, 15) is 0 Å². The summed E-state index contributed by atoms with van der Waals surface area (Å²) >= 11 is 0. The van der Waals surface area contributed by atoms with Crippen molar-refractivity contribution in [3.05, 3.63) is 24.5 Å². The Hall–Kier alpha value is -2.64. The van der Waals surface area contributed by atoms with Crippen molar-refractivity contribution in [2.45, 2.75) is 13.8 Å². The van der Waals surface area contributed by atoms with Gasteiger partial charge in [-0.2, -0.15) is 9.97 Å². The van der Waals surface area contributed by atoms with Crippen LogP contribution in [-0.4, -0.2) is 39.6 Å². The third-order valence-corrected chi connectivity index (χ3v) is 2.74. The Balaban J connectivity index is 1.75. The van der Waals surface area contributed by atoms with E-state index in [0.717, 1.165) is 12.4 Å². The SMILES string of the molecule is CC(C)CNc1nccc(NCCNc2ccnc(N)n2)n1. The lowest BCUT2D eigenvalue weighted by atomic mass is 10.2. The molecule has 0 atom stereocenters. The summed E-state index contributed by atoms with van der Waals surface area (Å²) in [5, 5.41) is 9.59. The number of nitrogens with zero attached hydrogens (tertiary/aromatic N) is 4. The van der Waals surface area contributed by atoms with Crippen molar-refractivity contribution in [1.82, 2.24) is 19.9 Å². The van der Waals surface area contributed by atoms with Crippen LogP contribution >= 0.6 is 0 Å². The van der Waals surface area contributed by atoms with Gasteiger partial charge in [-0.1, -0.05) is 13.8 Å². The lowest BCUT2D eigenvalue weighted by Gasteiger charge is -2.10. The van der Waals surface area contributed by atoms with Gasteiger partial charge in [0.2, 0.25) is 11.9 Å². The number of nitrogens with one attached hydrogen (secondary N) is 3. The third kappa shape index (κ3) is 5.39. The summed E-state index contributed by atoms with van der Waals surface area (Å²) in [7, 11) is 0. The quantitative estimate of drug-likeness (QED) is 0.542. The van der Waals surface area contributed by atoms with Crippen molar-refractivity contribution in [2.24, 2.45) is 5.92 Å². The van der Waals surface area contributed by atoms with Crippen molar-refractivity contribution in [3.8, 4) is 0 Å². The third-order valence-electron chi connectivity index (χ3n) is 2.74. The summed E-state index contributed by atoms with van der Waals surface area (Å²) in [6.45, 7) is 6.52. The molecule has 0 unspecified atom stereocenters. The van der Waals surface area contributed by atoms with Crippen molar-refractivity contribution < 1.29 is 0 Å². The van der Waals surface area contributed by atoms with Gasteiger partial charge in [0.15, 0.2) is 0 Å². The highest BCUT2D eigenvalue weighted by Crippen LogP contribution is 2.06. The van der Waals surface area contributed by atoms with E-state index in [1.54, 1.807) is 18.5 Å². The first-order valence-electron chi connectivity index (χ1n) is 7.26. The van der Waals surface area contributed by atoms with Crippen LogP contribution in [0.4, 0.5) is 23.5 Å². The smallest absolute Gasteiger partial charge is 0.224 e.